The van der Waals surface area contributed by atoms with E-state index in [-0.39, 0.29) is 0 Å². The van der Waals surface area contributed by atoms with Gasteiger partial charge in [-0.1, -0.05) is 26.7 Å². The van der Waals surface area contributed by atoms with Gasteiger partial charge in [0.05, 0.1) is 17.1 Å². The summed E-state index contributed by atoms with van der Waals surface area (Å²) in [5, 5.41) is 19.8. The number of aliphatic hydroxyl groups is 1. The lowest BCUT2D eigenvalue weighted by molar-refractivity contribution is -0.0456. The van der Waals surface area contributed by atoms with Crippen LogP contribution in [-0.4, -0.2) is 10.7 Å². The normalized spacial score (nSPS) is 34.7. The second kappa shape index (κ2) is 4.53. The number of hydrogen-bond donors (Lipinski definition) is 1. The standard InChI is InChI=1S/C13H23NO/c1-4-7-12(3,15)13(10-14)8-6-11(5-2)9-13/h11,15H,4-9H2,1-3H3. The third kappa shape index (κ3) is 2.18. The van der Waals surface area contributed by atoms with Crippen LogP contribution in [0.25, 0.3) is 0 Å². The molecule has 0 amide bonds. The predicted molar refractivity (Wildman–Crippen MR) is 61.2 cm³/mol. The van der Waals surface area contributed by atoms with Crippen LogP contribution in [0.4, 0.5) is 0 Å². The van der Waals surface area contributed by atoms with Crippen LogP contribution in [0.1, 0.15) is 59.3 Å². The highest BCUT2D eigenvalue weighted by Gasteiger charge is 2.51. The zero-order valence-electron chi connectivity index (χ0n) is 10.2. The van der Waals surface area contributed by atoms with E-state index in [9.17, 15) is 10.4 Å². The zero-order chi connectivity index (χ0) is 11.5. The lowest BCUT2D eigenvalue weighted by Gasteiger charge is -2.37. The lowest BCUT2D eigenvalue weighted by atomic mass is 9.70. The van der Waals surface area contributed by atoms with Gasteiger partial charge in [-0.2, -0.15) is 5.26 Å². The van der Waals surface area contributed by atoms with Crippen LogP contribution < -0.4 is 0 Å². The minimum atomic E-state index is -0.805. The van der Waals surface area contributed by atoms with Crippen molar-refractivity contribution in [1.29, 1.82) is 5.26 Å². The van der Waals surface area contributed by atoms with Crippen molar-refractivity contribution in [3.05, 3.63) is 0 Å². The molecule has 0 aromatic rings. The first-order chi connectivity index (χ1) is 7.01. The smallest absolute Gasteiger partial charge is 0.0860 e. The molecule has 0 spiro atoms. The number of rotatable bonds is 4. The van der Waals surface area contributed by atoms with Crippen LogP contribution in [0.5, 0.6) is 0 Å². The maximum atomic E-state index is 10.5. The fourth-order valence-corrected chi connectivity index (χ4v) is 2.93. The van der Waals surface area contributed by atoms with Crippen LogP contribution in [0, 0.1) is 22.7 Å². The van der Waals surface area contributed by atoms with Gasteiger partial charge < -0.3 is 5.11 Å². The number of nitrogens with zero attached hydrogens (tertiary/aromatic N) is 1. The SMILES string of the molecule is CCCC(C)(O)C1(C#N)CCC(CC)C1. The molecule has 0 radical (unpaired) electrons. The quantitative estimate of drug-likeness (QED) is 0.772. The molecule has 0 bridgehead atoms. The minimum Gasteiger partial charge on any atom is -0.389 e. The molecule has 0 aromatic carbocycles. The van der Waals surface area contributed by atoms with Gasteiger partial charge in [0.2, 0.25) is 0 Å². The minimum absolute atomic E-state index is 0.482. The summed E-state index contributed by atoms with van der Waals surface area (Å²) in [7, 11) is 0. The molecule has 1 aliphatic rings. The molecule has 2 heteroatoms. The van der Waals surface area contributed by atoms with Gasteiger partial charge in [-0.05, 0) is 38.5 Å². The second-order valence-corrected chi connectivity index (χ2v) is 5.23. The van der Waals surface area contributed by atoms with Gasteiger partial charge in [-0.15, -0.1) is 0 Å². The van der Waals surface area contributed by atoms with Gasteiger partial charge in [0.15, 0.2) is 0 Å². The average Bonchev–Trinajstić information content (AvgIpc) is 2.62. The molecule has 0 heterocycles. The van der Waals surface area contributed by atoms with Crippen molar-refractivity contribution in [2.24, 2.45) is 11.3 Å². The fraction of sp³-hybridized carbons (Fsp3) is 0.923. The van der Waals surface area contributed by atoms with Gasteiger partial charge >= 0.3 is 0 Å². The van der Waals surface area contributed by atoms with E-state index < -0.39 is 11.0 Å². The van der Waals surface area contributed by atoms with Crippen molar-refractivity contribution in [2.75, 3.05) is 0 Å². The van der Waals surface area contributed by atoms with Crippen molar-refractivity contribution in [1.82, 2.24) is 0 Å². The second-order valence-electron chi connectivity index (χ2n) is 5.23. The summed E-state index contributed by atoms with van der Waals surface area (Å²) in [6.07, 6.45) is 5.65. The van der Waals surface area contributed by atoms with E-state index >= 15 is 0 Å². The van der Waals surface area contributed by atoms with Crippen LogP contribution in [0.2, 0.25) is 0 Å². The average molecular weight is 209 g/mol. The maximum absolute atomic E-state index is 10.5. The number of nitriles is 1. The van der Waals surface area contributed by atoms with E-state index in [0.717, 1.165) is 38.5 Å². The largest absolute Gasteiger partial charge is 0.389 e. The third-order valence-corrected chi connectivity index (χ3v) is 4.18. The highest BCUT2D eigenvalue weighted by Crippen LogP contribution is 2.50. The molecule has 1 N–H and O–H groups in total. The van der Waals surface area contributed by atoms with Crippen LogP contribution in [-0.2, 0) is 0 Å². The summed E-state index contributed by atoms with van der Waals surface area (Å²) >= 11 is 0. The molecule has 1 rings (SSSR count). The zero-order valence-corrected chi connectivity index (χ0v) is 10.2. The predicted octanol–water partition coefficient (Wildman–Crippen LogP) is 3.26. The summed E-state index contributed by atoms with van der Waals surface area (Å²) in [5.41, 5.74) is -1.29. The Labute approximate surface area is 93.3 Å². The summed E-state index contributed by atoms with van der Waals surface area (Å²) in [6.45, 7) is 6.08. The van der Waals surface area contributed by atoms with Gasteiger partial charge in [0.1, 0.15) is 0 Å². The Morgan fingerprint density at radius 1 is 1.53 bits per heavy atom. The molecule has 3 unspecified atom stereocenters. The van der Waals surface area contributed by atoms with Crippen LogP contribution >= 0.6 is 0 Å². The van der Waals surface area contributed by atoms with E-state index in [0.29, 0.717) is 5.92 Å². The highest BCUT2D eigenvalue weighted by atomic mass is 16.3. The Bertz CT molecular complexity index is 254. The van der Waals surface area contributed by atoms with Crippen molar-refractivity contribution in [3.8, 4) is 6.07 Å². The molecule has 2 nitrogen and oxygen atoms in total. The number of hydrogen-bond acceptors (Lipinski definition) is 2. The van der Waals surface area contributed by atoms with E-state index in [1.807, 2.05) is 6.92 Å². The summed E-state index contributed by atoms with van der Waals surface area (Å²) in [4.78, 5) is 0. The Morgan fingerprint density at radius 3 is 2.60 bits per heavy atom. The Kier molecular flexibility index (Phi) is 3.78. The molecular formula is C13H23NO. The fourth-order valence-electron chi connectivity index (χ4n) is 2.93. The van der Waals surface area contributed by atoms with Crippen molar-refractivity contribution >= 4 is 0 Å². The third-order valence-electron chi connectivity index (χ3n) is 4.18. The topological polar surface area (TPSA) is 44.0 Å². The Hall–Kier alpha value is -0.550. The Balaban J connectivity index is 2.83. The maximum Gasteiger partial charge on any atom is 0.0860 e. The monoisotopic (exact) mass is 209 g/mol. The summed E-state index contributed by atoms with van der Waals surface area (Å²) in [6, 6.07) is 2.42. The molecule has 1 saturated carbocycles. The van der Waals surface area contributed by atoms with E-state index in [2.05, 4.69) is 19.9 Å². The molecule has 3 atom stereocenters. The molecule has 0 aliphatic heterocycles. The van der Waals surface area contributed by atoms with Crippen LogP contribution in [0.15, 0.2) is 0 Å². The van der Waals surface area contributed by atoms with E-state index in [1.165, 1.54) is 0 Å². The van der Waals surface area contributed by atoms with Crippen molar-refractivity contribution in [3.63, 3.8) is 0 Å². The molecule has 1 fully saturated rings. The van der Waals surface area contributed by atoms with Crippen molar-refractivity contribution in [2.45, 2.75) is 64.9 Å². The van der Waals surface area contributed by atoms with Gasteiger partial charge in [-0.3, -0.25) is 0 Å². The summed E-state index contributed by atoms with van der Waals surface area (Å²) < 4.78 is 0. The first-order valence-corrected chi connectivity index (χ1v) is 6.15. The summed E-state index contributed by atoms with van der Waals surface area (Å²) in [5.74, 6) is 0.632. The first-order valence-electron chi connectivity index (χ1n) is 6.15. The van der Waals surface area contributed by atoms with Gasteiger partial charge in [-0.25, -0.2) is 0 Å². The molecular weight excluding hydrogens is 186 g/mol. The van der Waals surface area contributed by atoms with Crippen molar-refractivity contribution < 1.29 is 5.11 Å². The molecule has 0 aromatic heterocycles. The molecule has 1 aliphatic carbocycles. The van der Waals surface area contributed by atoms with E-state index in [4.69, 9.17) is 0 Å². The highest BCUT2D eigenvalue weighted by molar-refractivity contribution is 5.13. The molecule has 86 valence electrons. The first kappa shape index (κ1) is 12.5. The van der Waals surface area contributed by atoms with Crippen LogP contribution in [0.3, 0.4) is 0 Å². The Morgan fingerprint density at radius 2 is 2.20 bits per heavy atom. The molecule has 15 heavy (non-hydrogen) atoms. The lowest BCUT2D eigenvalue weighted by Crippen LogP contribution is -2.43. The molecule has 0 saturated heterocycles. The van der Waals surface area contributed by atoms with Gasteiger partial charge in [0.25, 0.3) is 0 Å². The van der Waals surface area contributed by atoms with E-state index in [1.54, 1.807) is 0 Å². The van der Waals surface area contributed by atoms with Gasteiger partial charge in [0, 0.05) is 0 Å².